The Morgan fingerprint density at radius 3 is 2.44 bits per heavy atom. The van der Waals surface area contributed by atoms with Crippen molar-refractivity contribution in [3.63, 3.8) is 0 Å². The molecule has 0 radical (unpaired) electrons. The summed E-state index contributed by atoms with van der Waals surface area (Å²) in [7, 11) is 2.00. The van der Waals surface area contributed by atoms with E-state index in [1.807, 2.05) is 30.2 Å². The first-order chi connectivity index (χ1) is 8.58. The van der Waals surface area contributed by atoms with Gasteiger partial charge < -0.3 is 10.3 Å². The molecule has 1 heterocycles. The van der Waals surface area contributed by atoms with E-state index in [1.165, 1.54) is 11.1 Å². The normalized spacial score (nSPS) is 14.8. The van der Waals surface area contributed by atoms with Crippen molar-refractivity contribution in [2.75, 3.05) is 0 Å². The number of allylic oxidation sites excluding steroid dienone is 1. The number of aromatic nitrogens is 2. The van der Waals surface area contributed by atoms with Crippen molar-refractivity contribution >= 4 is 0 Å². The zero-order chi connectivity index (χ0) is 13.2. The molecular weight excluding hydrogens is 222 g/mol. The van der Waals surface area contributed by atoms with Crippen LogP contribution in [0.5, 0.6) is 0 Å². The van der Waals surface area contributed by atoms with Gasteiger partial charge in [0.15, 0.2) is 0 Å². The van der Waals surface area contributed by atoms with Crippen LogP contribution in [0.1, 0.15) is 23.7 Å². The van der Waals surface area contributed by atoms with Crippen LogP contribution in [-0.2, 0) is 12.5 Å². The summed E-state index contributed by atoms with van der Waals surface area (Å²) >= 11 is 0. The predicted octanol–water partition coefficient (Wildman–Crippen LogP) is 2.51. The third kappa shape index (κ3) is 2.04. The number of rotatable bonds is 3. The molecule has 2 rings (SSSR count). The smallest absolute Gasteiger partial charge is 0.0945 e. The van der Waals surface area contributed by atoms with Gasteiger partial charge in [-0.15, -0.1) is 0 Å². The monoisotopic (exact) mass is 241 g/mol. The van der Waals surface area contributed by atoms with Gasteiger partial charge in [0.25, 0.3) is 0 Å². The number of nitrogens with two attached hydrogens (primary N) is 1. The van der Waals surface area contributed by atoms with Crippen LogP contribution in [0.25, 0.3) is 0 Å². The second kappa shape index (κ2) is 4.69. The molecule has 1 atom stereocenters. The largest absolute Gasteiger partial charge is 0.405 e. The number of imidazole rings is 1. The Labute approximate surface area is 108 Å². The van der Waals surface area contributed by atoms with Crippen LogP contribution in [0, 0.1) is 6.92 Å². The molecule has 0 saturated heterocycles. The number of aryl methyl sites for hydroxylation is 2. The van der Waals surface area contributed by atoms with Crippen molar-refractivity contribution in [1.29, 1.82) is 0 Å². The lowest BCUT2D eigenvalue weighted by atomic mass is 9.79. The minimum absolute atomic E-state index is 0.256. The minimum atomic E-state index is -0.256. The zero-order valence-electron chi connectivity index (χ0n) is 11.1. The molecule has 1 aromatic carbocycles. The van der Waals surface area contributed by atoms with Crippen LogP contribution in [-0.4, -0.2) is 9.55 Å². The van der Waals surface area contributed by atoms with Crippen LogP contribution in [0.2, 0.25) is 0 Å². The highest BCUT2D eigenvalue weighted by molar-refractivity contribution is 5.40. The van der Waals surface area contributed by atoms with E-state index in [0.717, 1.165) is 5.69 Å². The van der Waals surface area contributed by atoms with Crippen LogP contribution in [0.3, 0.4) is 0 Å². The molecule has 0 aliphatic heterocycles. The quantitative estimate of drug-likeness (QED) is 0.897. The van der Waals surface area contributed by atoms with E-state index in [9.17, 15) is 0 Å². The molecule has 0 aliphatic carbocycles. The van der Waals surface area contributed by atoms with Crippen LogP contribution < -0.4 is 5.73 Å². The molecule has 1 unspecified atom stereocenters. The highest BCUT2D eigenvalue weighted by atomic mass is 15.0. The molecule has 2 N–H and O–H groups in total. The zero-order valence-corrected chi connectivity index (χ0v) is 11.1. The van der Waals surface area contributed by atoms with E-state index < -0.39 is 0 Å². The van der Waals surface area contributed by atoms with Gasteiger partial charge in [-0.05, 0) is 25.6 Å². The number of benzene rings is 1. The van der Waals surface area contributed by atoms with Crippen LogP contribution in [0.4, 0.5) is 0 Å². The molecule has 0 bridgehead atoms. The summed E-state index contributed by atoms with van der Waals surface area (Å²) in [5, 5.41) is 0. The van der Waals surface area contributed by atoms with Crippen molar-refractivity contribution in [2.45, 2.75) is 19.3 Å². The number of hydrogen-bond acceptors (Lipinski definition) is 2. The molecule has 3 heteroatoms. The van der Waals surface area contributed by atoms with E-state index in [-0.39, 0.29) is 5.41 Å². The summed E-state index contributed by atoms with van der Waals surface area (Å²) in [6.45, 7) is 4.24. The maximum atomic E-state index is 5.63. The van der Waals surface area contributed by atoms with Gasteiger partial charge in [0.05, 0.1) is 17.4 Å². The summed E-state index contributed by atoms with van der Waals surface area (Å²) in [5.41, 5.74) is 8.95. The Morgan fingerprint density at radius 1 is 1.28 bits per heavy atom. The van der Waals surface area contributed by atoms with Crippen molar-refractivity contribution < 1.29 is 0 Å². The average Bonchev–Trinajstić information content (AvgIpc) is 2.77. The molecule has 94 valence electrons. The molecule has 2 aromatic rings. The topological polar surface area (TPSA) is 43.8 Å². The highest BCUT2D eigenvalue weighted by Gasteiger charge is 2.28. The van der Waals surface area contributed by atoms with Gasteiger partial charge in [0.1, 0.15) is 0 Å². The Bertz CT molecular complexity index is 551. The fraction of sp³-hybridized carbons (Fsp3) is 0.267. The third-order valence-electron chi connectivity index (χ3n) is 3.43. The SMILES string of the molecule is Cc1ccc(C(C)(C=CN)c2cncn2C)cc1. The van der Waals surface area contributed by atoms with Crippen LogP contribution in [0.15, 0.2) is 49.1 Å². The van der Waals surface area contributed by atoms with Gasteiger partial charge in [-0.1, -0.05) is 35.9 Å². The van der Waals surface area contributed by atoms with Crippen molar-refractivity contribution in [3.8, 4) is 0 Å². The van der Waals surface area contributed by atoms with E-state index in [4.69, 9.17) is 5.73 Å². The van der Waals surface area contributed by atoms with E-state index in [1.54, 1.807) is 6.20 Å². The van der Waals surface area contributed by atoms with E-state index in [0.29, 0.717) is 0 Å². The lowest BCUT2D eigenvalue weighted by molar-refractivity contribution is 0.646. The average molecular weight is 241 g/mol. The van der Waals surface area contributed by atoms with Gasteiger partial charge in [-0.3, -0.25) is 0 Å². The first kappa shape index (κ1) is 12.4. The van der Waals surface area contributed by atoms with Gasteiger partial charge in [-0.2, -0.15) is 0 Å². The standard InChI is InChI=1S/C15H19N3/c1-12-4-6-13(7-5-12)15(2,8-9-16)14-10-17-11-18(14)3/h4-11H,16H2,1-3H3. The van der Waals surface area contributed by atoms with Gasteiger partial charge in [0, 0.05) is 13.2 Å². The number of hydrogen-bond donors (Lipinski definition) is 1. The van der Waals surface area contributed by atoms with Crippen LogP contribution >= 0.6 is 0 Å². The second-order valence-electron chi connectivity index (χ2n) is 4.82. The fourth-order valence-corrected chi connectivity index (χ4v) is 2.28. The Balaban J connectivity index is 2.58. The van der Waals surface area contributed by atoms with Crippen molar-refractivity contribution in [2.24, 2.45) is 12.8 Å². The minimum Gasteiger partial charge on any atom is -0.405 e. The van der Waals surface area contributed by atoms with Gasteiger partial charge in [0.2, 0.25) is 0 Å². The fourth-order valence-electron chi connectivity index (χ4n) is 2.28. The van der Waals surface area contributed by atoms with E-state index in [2.05, 4.69) is 43.1 Å². The molecule has 3 nitrogen and oxygen atoms in total. The molecule has 0 spiro atoms. The summed E-state index contributed by atoms with van der Waals surface area (Å²) < 4.78 is 2.03. The summed E-state index contributed by atoms with van der Waals surface area (Å²) in [6.07, 6.45) is 7.31. The predicted molar refractivity (Wildman–Crippen MR) is 74.2 cm³/mol. The molecule has 0 fully saturated rings. The maximum Gasteiger partial charge on any atom is 0.0945 e. The molecular formula is C15H19N3. The molecule has 18 heavy (non-hydrogen) atoms. The third-order valence-corrected chi connectivity index (χ3v) is 3.43. The lowest BCUT2D eigenvalue weighted by Gasteiger charge is -2.27. The Kier molecular flexibility index (Phi) is 3.24. The molecule has 1 aromatic heterocycles. The van der Waals surface area contributed by atoms with Crippen molar-refractivity contribution in [1.82, 2.24) is 9.55 Å². The Morgan fingerprint density at radius 2 is 1.94 bits per heavy atom. The second-order valence-corrected chi connectivity index (χ2v) is 4.82. The first-order valence-electron chi connectivity index (χ1n) is 6.01. The van der Waals surface area contributed by atoms with E-state index >= 15 is 0 Å². The first-order valence-corrected chi connectivity index (χ1v) is 6.01. The highest BCUT2D eigenvalue weighted by Crippen LogP contribution is 2.32. The summed E-state index contributed by atoms with van der Waals surface area (Å²) in [4.78, 5) is 4.20. The van der Waals surface area contributed by atoms with Gasteiger partial charge >= 0.3 is 0 Å². The summed E-state index contributed by atoms with van der Waals surface area (Å²) in [5.74, 6) is 0. The van der Waals surface area contributed by atoms with Crippen molar-refractivity contribution in [3.05, 3.63) is 65.9 Å². The molecule has 0 saturated carbocycles. The lowest BCUT2D eigenvalue weighted by Crippen LogP contribution is -2.24. The van der Waals surface area contributed by atoms with Gasteiger partial charge in [-0.25, -0.2) is 4.98 Å². The molecule has 0 aliphatic rings. The number of nitrogens with zero attached hydrogens (tertiary/aromatic N) is 2. The maximum absolute atomic E-state index is 5.63. The Hall–Kier alpha value is -2.03. The summed E-state index contributed by atoms with van der Waals surface area (Å²) in [6, 6.07) is 8.52. The molecule has 0 amide bonds.